The van der Waals surface area contributed by atoms with Gasteiger partial charge in [0.05, 0.1) is 11.1 Å². The zero-order valence-electron chi connectivity index (χ0n) is 14.8. The maximum absolute atomic E-state index is 12.1. The van der Waals surface area contributed by atoms with E-state index in [1.54, 1.807) is 24.1 Å². The van der Waals surface area contributed by atoms with Gasteiger partial charge >= 0.3 is 5.97 Å². The first-order valence-corrected chi connectivity index (χ1v) is 8.22. The molecule has 1 aromatic carbocycles. The number of likely N-dealkylation sites (N-methyl/N-ethyl adjacent to an activating group) is 1. The number of aliphatic hydroxyl groups is 1. The number of amides is 1. The SMILES string of the molecule is CC(C)CC(C)C(O)N(C)CCNC(=O)c1ccccc1C(=O)O. The van der Waals surface area contributed by atoms with E-state index in [-0.39, 0.29) is 17.0 Å². The number of carbonyl (C=O) groups is 2. The van der Waals surface area contributed by atoms with Crippen LogP contribution >= 0.6 is 0 Å². The smallest absolute Gasteiger partial charge is 0.336 e. The molecule has 2 atom stereocenters. The van der Waals surface area contributed by atoms with E-state index in [0.29, 0.717) is 19.0 Å². The van der Waals surface area contributed by atoms with Gasteiger partial charge in [0, 0.05) is 13.1 Å². The molecule has 1 amide bonds. The molecule has 0 bridgehead atoms. The van der Waals surface area contributed by atoms with E-state index in [4.69, 9.17) is 5.11 Å². The quantitative estimate of drug-likeness (QED) is 0.601. The van der Waals surface area contributed by atoms with Crippen LogP contribution in [0.5, 0.6) is 0 Å². The number of carboxylic acids is 1. The van der Waals surface area contributed by atoms with Crippen LogP contribution in [-0.2, 0) is 0 Å². The van der Waals surface area contributed by atoms with Gasteiger partial charge in [-0.1, -0.05) is 32.9 Å². The van der Waals surface area contributed by atoms with Crippen molar-refractivity contribution < 1.29 is 19.8 Å². The molecule has 0 spiro atoms. The highest BCUT2D eigenvalue weighted by Crippen LogP contribution is 2.16. The summed E-state index contributed by atoms with van der Waals surface area (Å²) in [6.07, 6.45) is 0.347. The van der Waals surface area contributed by atoms with Crippen LogP contribution in [0.4, 0.5) is 0 Å². The van der Waals surface area contributed by atoms with Crippen LogP contribution in [0.15, 0.2) is 24.3 Å². The maximum Gasteiger partial charge on any atom is 0.336 e. The number of nitrogens with zero attached hydrogens (tertiary/aromatic N) is 1. The molecule has 6 heteroatoms. The summed E-state index contributed by atoms with van der Waals surface area (Å²) >= 11 is 0. The Hall–Kier alpha value is -1.92. The van der Waals surface area contributed by atoms with Crippen LogP contribution in [0.1, 0.15) is 47.9 Å². The molecular weight excluding hydrogens is 308 g/mol. The molecule has 134 valence electrons. The summed E-state index contributed by atoms with van der Waals surface area (Å²) in [5, 5.41) is 22.1. The Bertz CT molecular complexity index is 560. The average molecular weight is 336 g/mol. The van der Waals surface area contributed by atoms with Gasteiger partial charge in [-0.05, 0) is 37.4 Å². The molecule has 2 unspecified atom stereocenters. The number of hydrogen-bond acceptors (Lipinski definition) is 4. The highest BCUT2D eigenvalue weighted by Gasteiger charge is 2.20. The number of aliphatic hydroxyl groups excluding tert-OH is 1. The minimum Gasteiger partial charge on any atom is -0.478 e. The minimum atomic E-state index is -1.13. The number of aromatic carboxylic acids is 1. The van der Waals surface area contributed by atoms with Crippen molar-refractivity contribution >= 4 is 11.9 Å². The van der Waals surface area contributed by atoms with Gasteiger partial charge < -0.3 is 15.5 Å². The van der Waals surface area contributed by atoms with Gasteiger partial charge in [0.1, 0.15) is 6.23 Å². The van der Waals surface area contributed by atoms with Crippen LogP contribution in [0, 0.1) is 11.8 Å². The first-order valence-electron chi connectivity index (χ1n) is 8.22. The van der Waals surface area contributed by atoms with Crippen molar-refractivity contribution in [3.63, 3.8) is 0 Å². The Balaban J connectivity index is 2.52. The van der Waals surface area contributed by atoms with E-state index in [2.05, 4.69) is 19.2 Å². The minimum absolute atomic E-state index is 0.0195. The third kappa shape index (κ3) is 5.94. The third-order valence-electron chi connectivity index (χ3n) is 3.96. The molecule has 0 heterocycles. The lowest BCUT2D eigenvalue weighted by atomic mass is 9.97. The second kappa shape index (κ2) is 9.39. The molecule has 24 heavy (non-hydrogen) atoms. The standard InChI is InChI=1S/C18H28N2O4/c1-12(2)11-13(3)17(22)20(4)10-9-19-16(21)14-7-5-6-8-15(14)18(23)24/h5-8,12-13,17,22H,9-11H2,1-4H3,(H,19,21)(H,23,24). The average Bonchev–Trinajstić information content (AvgIpc) is 2.53. The number of carboxylic acid groups (broad SMARTS) is 1. The molecular formula is C18H28N2O4. The van der Waals surface area contributed by atoms with E-state index >= 15 is 0 Å². The van der Waals surface area contributed by atoms with Crippen LogP contribution < -0.4 is 5.32 Å². The number of rotatable bonds is 9. The lowest BCUT2D eigenvalue weighted by Gasteiger charge is -2.29. The van der Waals surface area contributed by atoms with E-state index in [1.165, 1.54) is 12.1 Å². The number of carbonyl (C=O) groups excluding carboxylic acids is 1. The second-order valence-corrected chi connectivity index (χ2v) is 6.61. The lowest BCUT2D eigenvalue weighted by molar-refractivity contribution is -0.0241. The van der Waals surface area contributed by atoms with Gasteiger partial charge in [-0.3, -0.25) is 9.69 Å². The van der Waals surface area contributed by atoms with Crippen molar-refractivity contribution in [2.45, 2.75) is 33.4 Å². The van der Waals surface area contributed by atoms with Crippen LogP contribution in [0.3, 0.4) is 0 Å². The zero-order valence-corrected chi connectivity index (χ0v) is 14.8. The predicted molar refractivity (Wildman–Crippen MR) is 93.0 cm³/mol. The van der Waals surface area contributed by atoms with Crippen molar-refractivity contribution in [1.82, 2.24) is 10.2 Å². The van der Waals surface area contributed by atoms with Gasteiger partial charge in [0.2, 0.25) is 0 Å². The molecule has 3 N–H and O–H groups in total. The normalized spacial score (nSPS) is 13.8. The third-order valence-corrected chi connectivity index (χ3v) is 3.96. The topological polar surface area (TPSA) is 89.9 Å². The van der Waals surface area contributed by atoms with Crippen molar-refractivity contribution in [2.75, 3.05) is 20.1 Å². The second-order valence-electron chi connectivity index (χ2n) is 6.61. The van der Waals surface area contributed by atoms with Gasteiger partial charge in [-0.25, -0.2) is 4.79 Å². The highest BCUT2D eigenvalue weighted by molar-refractivity contribution is 6.04. The van der Waals surface area contributed by atoms with Crippen molar-refractivity contribution in [3.8, 4) is 0 Å². The Morgan fingerprint density at radius 1 is 1.17 bits per heavy atom. The summed E-state index contributed by atoms with van der Waals surface area (Å²) in [6.45, 7) is 7.04. The highest BCUT2D eigenvalue weighted by atomic mass is 16.4. The number of benzene rings is 1. The Morgan fingerprint density at radius 2 is 1.75 bits per heavy atom. The fraction of sp³-hybridized carbons (Fsp3) is 0.556. The fourth-order valence-electron chi connectivity index (χ4n) is 2.74. The van der Waals surface area contributed by atoms with Gasteiger partial charge in [0.15, 0.2) is 0 Å². The van der Waals surface area contributed by atoms with Crippen molar-refractivity contribution in [1.29, 1.82) is 0 Å². The molecule has 0 saturated heterocycles. The first-order chi connectivity index (χ1) is 11.2. The van der Waals surface area contributed by atoms with Gasteiger partial charge in [0.25, 0.3) is 5.91 Å². The first kappa shape index (κ1) is 20.1. The Morgan fingerprint density at radius 3 is 2.29 bits per heavy atom. The van der Waals surface area contributed by atoms with E-state index in [1.807, 2.05) is 6.92 Å². The zero-order chi connectivity index (χ0) is 18.3. The van der Waals surface area contributed by atoms with Crippen molar-refractivity contribution in [3.05, 3.63) is 35.4 Å². The summed E-state index contributed by atoms with van der Waals surface area (Å²) in [5.41, 5.74) is 0.121. The number of hydrogen-bond donors (Lipinski definition) is 3. The molecule has 6 nitrogen and oxygen atoms in total. The largest absolute Gasteiger partial charge is 0.478 e. The van der Waals surface area contributed by atoms with Crippen LogP contribution in [-0.4, -0.2) is 53.4 Å². The van der Waals surface area contributed by atoms with E-state index in [0.717, 1.165) is 6.42 Å². The lowest BCUT2D eigenvalue weighted by Crippen LogP contribution is -2.42. The summed E-state index contributed by atoms with van der Waals surface area (Å²) in [4.78, 5) is 25.1. The molecule has 1 aromatic rings. The molecule has 0 aromatic heterocycles. The molecule has 0 radical (unpaired) electrons. The molecule has 0 fully saturated rings. The summed E-state index contributed by atoms with van der Waals surface area (Å²) < 4.78 is 0. The molecule has 0 aliphatic rings. The molecule has 0 saturated carbocycles. The summed E-state index contributed by atoms with van der Waals surface area (Å²) in [6, 6.07) is 6.11. The monoisotopic (exact) mass is 336 g/mol. The van der Waals surface area contributed by atoms with Gasteiger partial charge in [-0.15, -0.1) is 0 Å². The number of nitrogens with one attached hydrogen (secondary N) is 1. The maximum atomic E-state index is 12.1. The van der Waals surface area contributed by atoms with Crippen molar-refractivity contribution in [2.24, 2.45) is 11.8 Å². The van der Waals surface area contributed by atoms with Crippen LogP contribution in [0.2, 0.25) is 0 Å². The summed E-state index contributed by atoms with van der Waals surface area (Å²) in [5.74, 6) is -0.907. The van der Waals surface area contributed by atoms with E-state index < -0.39 is 18.1 Å². The fourth-order valence-corrected chi connectivity index (χ4v) is 2.74. The summed E-state index contributed by atoms with van der Waals surface area (Å²) in [7, 11) is 1.80. The molecule has 0 aliphatic carbocycles. The van der Waals surface area contributed by atoms with E-state index in [9.17, 15) is 14.7 Å². The molecule has 0 aliphatic heterocycles. The predicted octanol–water partition coefficient (Wildman–Crippen LogP) is 2.05. The van der Waals surface area contributed by atoms with Crippen LogP contribution in [0.25, 0.3) is 0 Å². The Kier molecular flexibility index (Phi) is 7.88. The van der Waals surface area contributed by atoms with Gasteiger partial charge in [-0.2, -0.15) is 0 Å². The molecule has 1 rings (SSSR count). The Labute approximate surface area is 143 Å².